The average Bonchev–Trinajstić information content (AvgIpc) is 2.04. The van der Waals surface area contributed by atoms with Crippen LogP contribution in [0.4, 0.5) is 0 Å². The summed E-state index contributed by atoms with van der Waals surface area (Å²) in [6.07, 6.45) is -0.481. The molecule has 0 amide bonds. The molecule has 0 radical (unpaired) electrons. The Balaban J connectivity index is 3.15. The zero-order valence-electron chi connectivity index (χ0n) is 8.49. The number of aliphatic hydroxyl groups excluding tert-OH is 2. The molecule has 0 fully saturated rings. The predicted molar refractivity (Wildman–Crippen MR) is 51.6 cm³/mol. The van der Waals surface area contributed by atoms with Gasteiger partial charge in [0.2, 0.25) is 0 Å². The van der Waals surface area contributed by atoms with Crippen molar-refractivity contribution in [1.29, 1.82) is 0 Å². The van der Waals surface area contributed by atoms with Crippen LogP contribution >= 0.6 is 0 Å². The fourth-order valence-electron chi connectivity index (χ4n) is 0.846. The molecule has 13 heavy (non-hydrogen) atoms. The first-order chi connectivity index (χ1) is 6.16. The third-order valence-corrected chi connectivity index (χ3v) is 1.43. The summed E-state index contributed by atoms with van der Waals surface area (Å²) in [4.78, 5) is 0. The normalized spacial score (nSPS) is 13.6. The lowest BCUT2D eigenvalue weighted by Crippen LogP contribution is -2.32. The number of hydrogen-bond acceptors (Lipinski definition) is 4. The predicted octanol–water partition coefficient (Wildman–Crippen LogP) is -0.398. The van der Waals surface area contributed by atoms with E-state index in [0.717, 1.165) is 0 Å². The number of rotatable bonds is 8. The molecule has 4 nitrogen and oxygen atoms in total. The van der Waals surface area contributed by atoms with Crippen molar-refractivity contribution in [3.63, 3.8) is 0 Å². The molecule has 0 aromatic heterocycles. The first-order valence-electron chi connectivity index (χ1n) is 4.74. The summed E-state index contributed by atoms with van der Waals surface area (Å²) in [6.45, 7) is 6.25. The topological polar surface area (TPSA) is 61.7 Å². The average molecular weight is 191 g/mol. The monoisotopic (exact) mass is 191 g/mol. The zero-order valence-corrected chi connectivity index (χ0v) is 8.49. The largest absolute Gasteiger partial charge is 0.395 e. The summed E-state index contributed by atoms with van der Waals surface area (Å²) in [6, 6.07) is 0. The maximum absolute atomic E-state index is 9.32. The van der Waals surface area contributed by atoms with Crippen LogP contribution in [0.15, 0.2) is 0 Å². The molecule has 4 heteroatoms. The summed E-state index contributed by atoms with van der Waals surface area (Å²) < 4.78 is 5.24. The number of nitrogens with one attached hydrogen (secondary N) is 1. The van der Waals surface area contributed by atoms with Crippen molar-refractivity contribution in [2.45, 2.75) is 20.0 Å². The summed E-state index contributed by atoms with van der Waals surface area (Å²) in [7, 11) is 0. The molecular weight excluding hydrogens is 170 g/mol. The Labute approximate surface area is 79.9 Å². The van der Waals surface area contributed by atoms with Crippen LogP contribution in [0.5, 0.6) is 0 Å². The quantitative estimate of drug-likeness (QED) is 0.457. The highest BCUT2D eigenvalue weighted by Crippen LogP contribution is 1.93. The Bertz CT molecular complexity index is 109. The Kier molecular flexibility index (Phi) is 8.33. The van der Waals surface area contributed by atoms with Gasteiger partial charge >= 0.3 is 0 Å². The lowest BCUT2D eigenvalue weighted by atomic mass is 10.2. The van der Waals surface area contributed by atoms with Crippen LogP contribution in [-0.2, 0) is 4.74 Å². The molecule has 0 aliphatic rings. The maximum atomic E-state index is 9.32. The molecule has 0 rings (SSSR count). The van der Waals surface area contributed by atoms with Crippen molar-refractivity contribution >= 4 is 0 Å². The van der Waals surface area contributed by atoms with Gasteiger partial charge in [0, 0.05) is 19.7 Å². The summed E-state index contributed by atoms with van der Waals surface area (Å²) in [5, 5.41) is 20.7. The second-order valence-electron chi connectivity index (χ2n) is 3.51. The van der Waals surface area contributed by atoms with Crippen molar-refractivity contribution in [1.82, 2.24) is 5.32 Å². The van der Waals surface area contributed by atoms with Gasteiger partial charge in [-0.3, -0.25) is 0 Å². The summed E-state index contributed by atoms with van der Waals surface area (Å²) in [5.74, 6) is 0.498. The van der Waals surface area contributed by atoms with Gasteiger partial charge in [-0.05, 0) is 5.92 Å². The van der Waals surface area contributed by atoms with Crippen LogP contribution in [0.25, 0.3) is 0 Å². The molecule has 0 heterocycles. The van der Waals surface area contributed by atoms with Crippen LogP contribution in [-0.4, -0.2) is 49.2 Å². The summed E-state index contributed by atoms with van der Waals surface area (Å²) >= 11 is 0. The van der Waals surface area contributed by atoms with Crippen molar-refractivity contribution in [3.8, 4) is 0 Å². The smallest absolute Gasteiger partial charge is 0.0897 e. The van der Waals surface area contributed by atoms with E-state index in [1.54, 1.807) is 0 Å². The lowest BCUT2D eigenvalue weighted by Gasteiger charge is -2.12. The van der Waals surface area contributed by atoms with Gasteiger partial charge < -0.3 is 20.3 Å². The molecular formula is C9H21NO3. The van der Waals surface area contributed by atoms with E-state index < -0.39 is 6.10 Å². The minimum Gasteiger partial charge on any atom is -0.395 e. The second kappa shape index (κ2) is 8.44. The second-order valence-corrected chi connectivity index (χ2v) is 3.51. The van der Waals surface area contributed by atoms with Gasteiger partial charge in [-0.25, -0.2) is 0 Å². The molecule has 1 unspecified atom stereocenters. The highest BCUT2D eigenvalue weighted by molar-refractivity contribution is 4.57. The van der Waals surface area contributed by atoms with E-state index in [2.05, 4.69) is 19.2 Å². The van der Waals surface area contributed by atoms with Gasteiger partial charge in [-0.15, -0.1) is 0 Å². The Hall–Kier alpha value is -0.160. The van der Waals surface area contributed by atoms with E-state index in [-0.39, 0.29) is 6.61 Å². The standard InChI is InChI=1S/C9H21NO3/c1-8(2)6-13-7-9(12)5-10-3-4-11/h8-12H,3-7H2,1-2H3. The first kappa shape index (κ1) is 12.8. The van der Waals surface area contributed by atoms with E-state index in [9.17, 15) is 5.11 Å². The minimum absolute atomic E-state index is 0.0968. The van der Waals surface area contributed by atoms with Crippen LogP contribution < -0.4 is 5.32 Å². The van der Waals surface area contributed by atoms with E-state index in [4.69, 9.17) is 9.84 Å². The van der Waals surface area contributed by atoms with Crippen molar-refractivity contribution in [2.75, 3.05) is 32.9 Å². The Morgan fingerprint density at radius 3 is 2.54 bits per heavy atom. The van der Waals surface area contributed by atoms with Crippen molar-refractivity contribution < 1.29 is 14.9 Å². The fraction of sp³-hybridized carbons (Fsp3) is 1.00. The highest BCUT2D eigenvalue weighted by atomic mass is 16.5. The molecule has 3 N–H and O–H groups in total. The molecule has 1 atom stereocenters. The third kappa shape index (κ3) is 9.76. The SMILES string of the molecule is CC(C)COCC(O)CNCCO. The highest BCUT2D eigenvalue weighted by Gasteiger charge is 2.03. The Morgan fingerprint density at radius 2 is 2.00 bits per heavy atom. The van der Waals surface area contributed by atoms with Gasteiger partial charge in [0.25, 0.3) is 0 Å². The van der Waals surface area contributed by atoms with Crippen molar-refractivity contribution in [2.24, 2.45) is 5.92 Å². The van der Waals surface area contributed by atoms with Crippen molar-refractivity contribution in [3.05, 3.63) is 0 Å². The lowest BCUT2D eigenvalue weighted by molar-refractivity contribution is 0.0258. The van der Waals surface area contributed by atoms with Crippen LogP contribution in [0.3, 0.4) is 0 Å². The molecule has 80 valence electrons. The van der Waals surface area contributed by atoms with Gasteiger partial charge in [-0.1, -0.05) is 13.8 Å². The van der Waals surface area contributed by atoms with E-state index in [1.807, 2.05) is 0 Å². The zero-order chi connectivity index (χ0) is 10.1. The van der Waals surface area contributed by atoms with Gasteiger partial charge in [0.1, 0.15) is 0 Å². The van der Waals surface area contributed by atoms with Crippen LogP contribution in [0.1, 0.15) is 13.8 Å². The molecule has 0 saturated carbocycles. The first-order valence-corrected chi connectivity index (χ1v) is 4.74. The maximum Gasteiger partial charge on any atom is 0.0897 e. The fourth-order valence-corrected chi connectivity index (χ4v) is 0.846. The molecule has 0 aliphatic carbocycles. The minimum atomic E-state index is -0.481. The number of ether oxygens (including phenoxy) is 1. The summed E-state index contributed by atoms with van der Waals surface area (Å²) in [5.41, 5.74) is 0. The van der Waals surface area contributed by atoms with Gasteiger partial charge in [0.05, 0.1) is 19.3 Å². The molecule has 0 saturated heterocycles. The van der Waals surface area contributed by atoms with Crippen LogP contribution in [0, 0.1) is 5.92 Å². The van der Waals surface area contributed by atoms with Crippen LogP contribution in [0.2, 0.25) is 0 Å². The third-order valence-electron chi connectivity index (χ3n) is 1.43. The Morgan fingerprint density at radius 1 is 1.31 bits per heavy atom. The van der Waals surface area contributed by atoms with E-state index in [1.165, 1.54) is 0 Å². The molecule has 0 aliphatic heterocycles. The molecule has 0 bridgehead atoms. The van der Waals surface area contributed by atoms with E-state index in [0.29, 0.717) is 32.2 Å². The van der Waals surface area contributed by atoms with E-state index >= 15 is 0 Å². The molecule has 0 aromatic rings. The number of aliphatic hydroxyl groups is 2. The van der Waals surface area contributed by atoms with Gasteiger partial charge in [-0.2, -0.15) is 0 Å². The molecule has 0 aromatic carbocycles. The van der Waals surface area contributed by atoms with Gasteiger partial charge in [0.15, 0.2) is 0 Å². The number of hydrogen-bond donors (Lipinski definition) is 3. The molecule has 0 spiro atoms.